The predicted octanol–water partition coefficient (Wildman–Crippen LogP) is 0.527. The third-order valence-corrected chi connectivity index (χ3v) is 4.49. The molecule has 0 heterocycles. The van der Waals surface area contributed by atoms with Crippen LogP contribution in [-0.2, 0) is 19.6 Å². The molecule has 1 aromatic rings. The summed E-state index contributed by atoms with van der Waals surface area (Å²) in [6, 6.07) is 4.38. The molecule has 0 saturated carbocycles. The lowest BCUT2D eigenvalue weighted by atomic mass is 10.3. The van der Waals surface area contributed by atoms with Crippen molar-refractivity contribution in [3.63, 3.8) is 0 Å². The quantitative estimate of drug-likeness (QED) is 0.567. The Bertz CT molecular complexity index is 647. The van der Waals surface area contributed by atoms with Crippen molar-refractivity contribution in [1.82, 2.24) is 15.4 Å². The number of rotatable bonds is 10. The Hall–Kier alpha value is -2.00. The molecule has 0 saturated heterocycles. The fourth-order valence-electron chi connectivity index (χ4n) is 1.75. The molecule has 1 aromatic carbocycles. The summed E-state index contributed by atoms with van der Waals surface area (Å²) >= 11 is 0. The number of hydrogen-bond donors (Lipinski definition) is 3. The molecule has 0 atom stereocenters. The summed E-state index contributed by atoms with van der Waals surface area (Å²) in [6.07, 6.45) is 0.955. The Morgan fingerprint density at radius 3 is 2.08 bits per heavy atom. The van der Waals surface area contributed by atoms with Crippen molar-refractivity contribution >= 4 is 21.8 Å². The largest absolute Gasteiger partial charge is 0.356 e. The van der Waals surface area contributed by atoms with Crippen molar-refractivity contribution < 1.29 is 22.4 Å². The molecule has 0 aromatic heterocycles. The predicted molar refractivity (Wildman–Crippen MR) is 87.1 cm³/mol. The summed E-state index contributed by atoms with van der Waals surface area (Å²) in [5.74, 6) is -1.04. The summed E-state index contributed by atoms with van der Waals surface area (Å²) in [4.78, 5) is 22.8. The van der Waals surface area contributed by atoms with Gasteiger partial charge in [0.2, 0.25) is 21.8 Å². The van der Waals surface area contributed by atoms with Crippen molar-refractivity contribution in [3.05, 3.63) is 30.1 Å². The Balaban J connectivity index is 2.27. The van der Waals surface area contributed by atoms with Crippen LogP contribution in [0.15, 0.2) is 29.2 Å². The lowest BCUT2D eigenvalue weighted by Gasteiger charge is -2.08. The summed E-state index contributed by atoms with van der Waals surface area (Å²) in [5, 5.41) is 5.22. The van der Waals surface area contributed by atoms with Gasteiger partial charge in [0.25, 0.3) is 0 Å². The van der Waals surface area contributed by atoms with Crippen LogP contribution >= 0.6 is 0 Å². The van der Waals surface area contributed by atoms with E-state index in [0.29, 0.717) is 6.54 Å². The maximum absolute atomic E-state index is 12.8. The zero-order valence-electron chi connectivity index (χ0n) is 13.5. The first kappa shape index (κ1) is 20.0. The number of sulfonamides is 1. The van der Waals surface area contributed by atoms with Gasteiger partial charge in [0.05, 0.1) is 4.90 Å². The standard InChI is InChI=1S/C15H22FN3O4S/c1-2-9-17-14(20)7-10-18-15(21)8-11-19-24(22,23)13-5-3-12(16)4-6-13/h3-6,19H,2,7-11H2,1H3,(H,17,20)(H,18,21). The molecule has 134 valence electrons. The molecule has 0 radical (unpaired) electrons. The van der Waals surface area contributed by atoms with Crippen LogP contribution in [0.2, 0.25) is 0 Å². The summed E-state index contributed by atoms with van der Waals surface area (Å²) in [5.41, 5.74) is 0. The van der Waals surface area contributed by atoms with Crippen LogP contribution in [0.4, 0.5) is 4.39 Å². The number of carbonyl (C=O) groups excluding carboxylic acids is 2. The third kappa shape index (κ3) is 7.51. The van der Waals surface area contributed by atoms with Gasteiger partial charge in [-0.2, -0.15) is 0 Å². The number of benzene rings is 1. The Morgan fingerprint density at radius 1 is 0.958 bits per heavy atom. The molecule has 2 amide bonds. The minimum Gasteiger partial charge on any atom is -0.356 e. The minimum atomic E-state index is -3.78. The van der Waals surface area contributed by atoms with E-state index in [1.165, 1.54) is 0 Å². The van der Waals surface area contributed by atoms with Gasteiger partial charge in [-0.25, -0.2) is 17.5 Å². The molecule has 7 nitrogen and oxygen atoms in total. The highest BCUT2D eigenvalue weighted by Crippen LogP contribution is 2.09. The van der Waals surface area contributed by atoms with Crippen molar-refractivity contribution in [2.24, 2.45) is 0 Å². The highest BCUT2D eigenvalue weighted by molar-refractivity contribution is 7.89. The summed E-state index contributed by atoms with van der Waals surface area (Å²) < 4.78 is 38.9. The van der Waals surface area contributed by atoms with Crippen molar-refractivity contribution in [2.75, 3.05) is 19.6 Å². The maximum atomic E-state index is 12.8. The van der Waals surface area contributed by atoms with Gasteiger partial charge in [0.15, 0.2) is 0 Å². The number of hydrogen-bond acceptors (Lipinski definition) is 4. The van der Waals surface area contributed by atoms with Crippen LogP contribution in [0.5, 0.6) is 0 Å². The van der Waals surface area contributed by atoms with Crippen LogP contribution in [0.1, 0.15) is 26.2 Å². The number of carbonyl (C=O) groups is 2. The topological polar surface area (TPSA) is 104 Å². The van der Waals surface area contributed by atoms with Gasteiger partial charge < -0.3 is 10.6 Å². The van der Waals surface area contributed by atoms with Crippen molar-refractivity contribution in [1.29, 1.82) is 0 Å². The highest BCUT2D eigenvalue weighted by Gasteiger charge is 2.14. The van der Waals surface area contributed by atoms with Gasteiger partial charge in [0.1, 0.15) is 5.82 Å². The molecule has 0 fully saturated rings. The van der Waals surface area contributed by atoms with Gasteiger partial charge in [-0.05, 0) is 30.7 Å². The van der Waals surface area contributed by atoms with E-state index in [9.17, 15) is 22.4 Å². The lowest BCUT2D eigenvalue weighted by Crippen LogP contribution is -2.33. The lowest BCUT2D eigenvalue weighted by molar-refractivity contribution is -0.122. The van der Waals surface area contributed by atoms with E-state index >= 15 is 0 Å². The second-order valence-electron chi connectivity index (χ2n) is 5.05. The van der Waals surface area contributed by atoms with Gasteiger partial charge in [-0.3, -0.25) is 9.59 Å². The zero-order chi connectivity index (χ0) is 18.0. The fourth-order valence-corrected chi connectivity index (χ4v) is 2.78. The number of amides is 2. The molecule has 0 spiro atoms. The van der Waals surface area contributed by atoms with E-state index in [2.05, 4.69) is 15.4 Å². The SMILES string of the molecule is CCCNC(=O)CCNC(=O)CCNS(=O)(=O)c1ccc(F)cc1. The first-order valence-electron chi connectivity index (χ1n) is 7.64. The van der Waals surface area contributed by atoms with E-state index in [1.807, 2.05) is 6.92 Å². The van der Waals surface area contributed by atoms with Crippen molar-refractivity contribution in [2.45, 2.75) is 31.1 Å². The zero-order valence-corrected chi connectivity index (χ0v) is 14.3. The van der Waals surface area contributed by atoms with E-state index in [1.54, 1.807) is 0 Å². The molecule has 9 heteroatoms. The minimum absolute atomic E-state index is 0.0585. The Kier molecular flexibility index (Phi) is 8.34. The number of halogens is 1. The summed E-state index contributed by atoms with van der Waals surface area (Å²) in [7, 11) is -3.78. The molecule has 3 N–H and O–H groups in total. The molecule has 0 aliphatic heterocycles. The van der Waals surface area contributed by atoms with Crippen LogP contribution in [0, 0.1) is 5.82 Å². The third-order valence-electron chi connectivity index (χ3n) is 3.01. The normalized spacial score (nSPS) is 11.1. The average molecular weight is 359 g/mol. The molecule has 0 unspecified atom stereocenters. The van der Waals surface area contributed by atoms with Gasteiger partial charge in [-0.1, -0.05) is 6.92 Å². The monoisotopic (exact) mass is 359 g/mol. The first-order chi connectivity index (χ1) is 11.3. The van der Waals surface area contributed by atoms with Gasteiger partial charge in [-0.15, -0.1) is 0 Å². The second kappa shape index (κ2) is 9.99. The number of nitrogens with one attached hydrogen (secondary N) is 3. The molecular weight excluding hydrogens is 337 g/mol. The van der Waals surface area contributed by atoms with E-state index in [0.717, 1.165) is 30.7 Å². The van der Waals surface area contributed by atoms with Crippen LogP contribution in [0.25, 0.3) is 0 Å². The Labute approximate surface area is 141 Å². The Morgan fingerprint density at radius 2 is 1.50 bits per heavy atom. The first-order valence-corrected chi connectivity index (χ1v) is 9.12. The molecule has 0 aliphatic carbocycles. The van der Waals surface area contributed by atoms with E-state index in [4.69, 9.17) is 0 Å². The average Bonchev–Trinajstić information content (AvgIpc) is 2.53. The summed E-state index contributed by atoms with van der Waals surface area (Å²) in [6.45, 7) is 2.64. The van der Waals surface area contributed by atoms with Gasteiger partial charge in [0, 0.05) is 32.5 Å². The van der Waals surface area contributed by atoms with Crippen LogP contribution < -0.4 is 15.4 Å². The van der Waals surface area contributed by atoms with Crippen molar-refractivity contribution in [3.8, 4) is 0 Å². The maximum Gasteiger partial charge on any atom is 0.240 e. The smallest absolute Gasteiger partial charge is 0.240 e. The van der Waals surface area contributed by atoms with Crippen LogP contribution in [0.3, 0.4) is 0 Å². The van der Waals surface area contributed by atoms with Crippen LogP contribution in [-0.4, -0.2) is 39.9 Å². The van der Waals surface area contributed by atoms with E-state index in [-0.39, 0.29) is 42.6 Å². The van der Waals surface area contributed by atoms with Gasteiger partial charge >= 0.3 is 0 Å². The van der Waals surface area contributed by atoms with E-state index < -0.39 is 15.8 Å². The molecule has 0 bridgehead atoms. The fraction of sp³-hybridized carbons (Fsp3) is 0.467. The molecular formula is C15H22FN3O4S. The second-order valence-corrected chi connectivity index (χ2v) is 6.82. The molecule has 1 rings (SSSR count). The molecule has 24 heavy (non-hydrogen) atoms. The highest BCUT2D eigenvalue weighted by atomic mass is 32.2. The molecule has 0 aliphatic rings.